The minimum atomic E-state index is -1.85. The van der Waals surface area contributed by atoms with Gasteiger partial charge in [0.25, 0.3) is 5.91 Å². The number of hydrogen-bond acceptors (Lipinski definition) is 14. The first-order chi connectivity index (χ1) is 48.9. The number of aliphatic carboxylic acids is 1. The van der Waals surface area contributed by atoms with E-state index in [-0.39, 0.29) is 63.5 Å². The van der Waals surface area contributed by atoms with Gasteiger partial charge in [0.1, 0.15) is 59.2 Å². The predicted octanol–water partition coefficient (Wildman–Crippen LogP) is 5.46. The van der Waals surface area contributed by atoms with Gasteiger partial charge in [0.05, 0.1) is 29.8 Å². The number of benzene rings is 5. The van der Waals surface area contributed by atoms with Crippen LogP contribution in [0.3, 0.4) is 0 Å². The van der Waals surface area contributed by atoms with E-state index < -0.39 is 143 Å². The van der Waals surface area contributed by atoms with Crippen molar-refractivity contribution in [2.24, 2.45) is 22.4 Å². The number of aliphatic imine (C=N–C) groups is 1. The second-order valence-electron chi connectivity index (χ2n) is 29.4. The van der Waals surface area contributed by atoms with Crippen LogP contribution in [0, 0.1) is 5.92 Å². The highest BCUT2D eigenvalue weighted by Gasteiger charge is 2.46. The van der Waals surface area contributed by atoms with E-state index in [9.17, 15) is 29.1 Å². The quantitative estimate of drug-likeness (QED) is 0.00815. The largest absolute Gasteiger partial charge is 0.488 e. The van der Waals surface area contributed by atoms with Crippen molar-refractivity contribution < 1.29 is 67.3 Å². The molecule has 6 rings (SSSR count). The Labute approximate surface area is 609 Å². The predicted molar refractivity (Wildman–Crippen MR) is 394 cm³/mol. The van der Waals surface area contributed by atoms with E-state index in [4.69, 9.17) is 25.7 Å². The number of nitrogens with two attached hydrogens (primary N) is 2. The third-order valence-electron chi connectivity index (χ3n) is 16.5. The van der Waals surface area contributed by atoms with Gasteiger partial charge in [-0.1, -0.05) is 147 Å². The van der Waals surface area contributed by atoms with E-state index >= 15 is 24.0 Å². The number of carboxylic acids is 1. The van der Waals surface area contributed by atoms with Crippen molar-refractivity contribution in [3.8, 4) is 5.75 Å². The first-order valence-corrected chi connectivity index (χ1v) is 35.0. The number of nitrogens with zero attached hydrogens (tertiary/aromatic N) is 2. The minimum Gasteiger partial charge on any atom is -0.488 e. The van der Waals surface area contributed by atoms with E-state index in [0.717, 1.165) is 0 Å². The van der Waals surface area contributed by atoms with Crippen molar-refractivity contribution in [2.75, 3.05) is 13.1 Å². The van der Waals surface area contributed by atoms with Crippen LogP contribution in [-0.4, -0.2) is 160 Å². The molecule has 27 nitrogen and oxygen atoms in total. The van der Waals surface area contributed by atoms with Crippen LogP contribution < -0.4 is 64.3 Å². The van der Waals surface area contributed by atoms with Crippen molar-refractivity contribution in [1.82, 2.24) is 53.0 Å². The summed E-state index contributed by atoms with van der Waals surface area (Å²) in [4.78, 5) is 150. The Morgan fingerprint density at radius 3 is 1.59 bits per heavy atom. The van der Waals surface area contributed by atoms with Gasteiger partial charge in [0, 0.05) is 39.3 Å². The third kappa shape index (κ3) is 26.1. The molecule has 0 aliphatic carbocycles. The lowest BCUT2D eigenvalue weighted by atomic mass is 9.77. The summed E-state index contributed by atoms with van der Waals surface area (Å²) in [5.74, 6) is -7.80. The molecule has 562 valence electrons. The molecule has 0 saturated carbocycles. The first kappa shape index (κ1) is 82.5. The Hall–Kier alpha value is -10.4. The Morgan fingerprint density at radius 1 is 0.567 bits per heavy atom. The van der Waals surface area contributed by atoms with Gasteiger partial charge in [-0.15, -0.1) is 0 Å². The van der Waals surface area contributed by atoms with Gasteiger partial charge in [-0.3, -0.25) is 48.8 Å². The number of hydrazine groups is 1. The van der Waals surface area contributed by atoms with E-state index in [2.05, 4.69) is 53.1 Å². The number of carboxylic acid groups (broad SMARTS) is 1. The summed E-state index contributed by atoms with van der Waals surface area (Å²) in [6, 6.07) is 31.7. The van der Waals surface area contributed by atoms with Crippen LogP contribution in [-0.2, 0) is 71.0 Å². The molecule has 1 fully saturated rings. The van der Waals surface area contributed by atoms with Crippen molar-refractivity contribution >= 4 is 65.2 Å². The molecule has 0 spiro atoms. The third-order valence-corrected chi connectivity index (χ3v) is 16.5. The monoisotopic (exact) mass is 1440 g/mol. The summed E-state index contributed by atoms with van der Waals surface area (Å²) >= 11 is 0. The summed E-state index contributed by atoms with van der Waals surface area (Å²) in [6.07, 6.45) is -2.85. The zero-order valence-electron chi connectivity index (χ0n) is 61.8. The van der Waals surface area contributed by atoms with Crippen molar-refractivity contribution in [3.63, 3.8) is 0 Å². The Bertz CT molecular complexity index is 3630. The summed E-state index contributed by atoms with van der Waals surface area (Å²) < 4.78 is 18.9. The number of amides is 10. The van der Waals surface area contributed by atoms with Gasteiger partial charge >= 0.3 is 12.0 Å². The molecule has 1 aliphatic rings. The van der Waals surface area contributed by atoms with Crippen LogP contribution >= 0.6 is 0 Å². The van der Waals surface area contributed by atoms with Gasteiger partial charge in [-0.05, 0) is 134 Å². The number of hydrogen-bond donors (Lipinski definition) is 12. The van der Waals surface area contributed by atoms with Crippen LogP contribution in [0.1, 0.15) is 150 Å². The van der Waals surface area contributed by atoms with E-state index in [0.29, 0.717) is 33.6 Å². The van der Waals surface area contributed by atoms with Crippen LogP contribution in [0.4, 0.5) is 4.79 Å². The number of urea groups is 1. The molecule has 104 heavy (non-hydrogen) atoms. The Morgan fingerprint density at radius 2 is 1.09 bits per heavy atom. The molecule has 10 amide bonds. The lowest BCUT2D eigenvalue weighted by Crippen LogP contribution is -2.63. The molecule has 1 aliphatic heterocycles. The number of carbonyl (C=O) groups is 10. The van der Waals surface area contributed by atoms with E-state index in [1.165, 1.54) is 18.7 Å². The van der Waals surface area contributed by atoms with Gasteiger partial charge in [-0.25, -0.2) is 15.0 Å². The Kier molecular flexibility index (Phi) is 29.9. The van der Waals surface area contributed by atoms with E-state index in [1.54, 1.807) is 89.2 Å². The maximum absolute atomic E-state index is 15.7. The standard InChI is InChI=1S/C77H105N13O14/c1-47(2)41-58(65(93)82-57(71(99)100)35-26-40-80-72(78)79)85-73(101)89-88-67(95)59(42-50-27-18-14-19-28-50)84-69(97)64(48(3)102-74(5,6)7)86-66(94)60(45-63(92)87-77(52-29-20-15-21-30-52,53-31-22-16-23-32-53)54-33-24-17-25-34-54)83-68(96)62-44-56(104-76(11,12)13)46-90(62)70(98)61(81-49(4)91)43-51-36-38-55(39-37-51)103-75(8,9)10/h14-25,27-34,36-39,47-48,56-62,64H,26,35,40-46H2,1-13H3,(H,81,91)(H,82,93)(H,83,96)(H,84,97)(H,86,94)(H,87,92)(H,88,95)(H,99,100)(H4,78,79,80)(H2,85,89,101)/t48-,56-,57+,58+,59+,60+,61-,62+,64+/m1/s1. The van der Waals surface area contributed by atoms with Crippen LogP contribution in [0.15, 0.2) is 151 Å². The summed E-state index contributed by atoms with van der Waals surface area (Å²) in [7, 11) is 0. The molecule has 5 aromatic carbocycles. The molecule has 27 heteroatoms. The van der Waals surface area contributed by atoms with Crippen molar-refractivity contribution in [2.45, 2.75) is 212 Å². The minimum absolute atomic E-state index is 0.00157. The SMILES string of the molecule is CC(=O)N[C@H](Cc1ccc(OC(C)(C)C)cc1)C(=O)N1C[C@H](OC(C)(C)C)C[C@H]1C(=O)N[C@@H](CC(=O)NC(c1ccccc1)(c1ccccc1)c1ccccc1)C(=O)N[C@H](C(=O)N[C@@H](Cc1ccccc1)C(=O)NNC(=O)N[C@@H](CC(C)C)C(=O)N[C@@H](CCCN=C(N)N)C(=O)O)[C@@H](C)OC(C)(C)C. The zero-order chi connectivity index (χ0) is 76.7. The number of guanidine groups is 1. The average molecular weight is 1440 g/mol. The molecule has 5 aromatic rings. The summed E-state index contributed by atoms with van der Waals surface area (Å²) in [5.41, 5.74) is 14.8. The number of ether oxygens (including phenoxy) is 3. The molecule has 9 atom stereocenters. The fraction of sp³-hybridized carbons (Fsp3) is 0.468. The topological polar surface area (TPSA) is 395 Å². The average Bonchev–Trinajstić information content (AvgIpc) is 0.887. The number of likely N-dealkylation sites (tertiary alicyclic amines) is 1. The lowest BCUT2D eigenvalue weighted by molar-refractivity contribution is -0.143. The number of nitrogens with one attached hydrogen (secondary N) is 9. The normalized spacial score (nSPS) is 15.9. The van der Waals surface area contributed by atoms with Crippen molar-refractivity contribution in [3.05, 3.63) is 173 Å². The molecule has 0 unspecified atom stereocenters. The lowest BCUT2D eigenvalue weighted by Gasteiger charge is -2.37. The van der Waals surface area contributed by atoms with Crippen LogP contribution in [0.25, 0.3) is 0 Å². The Balaban J connectivity index is 1.38. The highest BCUT2D eigenvalue weighted by atomic mass is 16.5. The molecular weight excluding hydrogens is 1330 g/mol. The molecule has 1 saturated heterocycles. The molecule has 0 aromatic heterocycles. The molecule has 1 heterocycles. The maximum atomic E-state index is 15.7. The highest BCUT2D eigenvalue weighted by molar-refractivity contribution is 5.99. The second kappa shape index (κ2) is 37.7. The maximum Gasteiger partial charge on any atom is 0.334 e. The summed E-state index contributed by atoms with van der Waals surface area (Å²) in [6.45, 7) is 22.7. The zero-order valence-corrected chi connectivity index (χ0v) is 61.8. The van der Waals surface area contributed by atoms with Crippen LogP contribution in [0.2, 0.25) is 0 Å². The van der Waals surface area contributed by atoms with Gasteiger partial charge < -0.3 is 72.9 Å². The van der Waals surface area contributed by atoms with Crippen LogP contribution in [0.5, 0.6) is 5.75 Å². The number of carbonyl (C=O) groups excluding carboxylic acids is 9. The molecule has 0 radical (unpaired) electrons. The number of rotatable bonds is 33. The fourth-order valence-electron chi connectivity index (χ4n) is 12.2. The van der Waals surface area contributed by atoms with Gasteiger partial charge in [-0.2, -0.15) is 0 Å². The highest BCUT2D eigenvalue weighted by Crippen LogP contribution is 2.37. The van der Waals surface area contributed by atoms with Gasteiger partial charge in [0.15, 0.2) is 5.96 Å². The van der Waals surface area contributed by atoms with Gasteiger partial charge in [0.2, 0.25) is 41.4 Å². The van der Waals surface area contributed by atoms with E-state index in [1.807, 2.05) is 133 Å². The molecular formula is C77H105N13O14. The fourth-order valence-corrected chi connectivity index (χ4v) is 12.2. The first-order valence-electron chi connectivity index (χ1n) is 35.0. The second-order valence-corrected chi connectivity index (χ2v) is 29.4. The molecule has 14 N–H and O–H groups in total. The molecule has 0 bridgehead atoms. The smallest absolute Gasteiger partial charge is 0.334 e. The summed E-state index contributed by atoms with van der Waals surface area (Å²) in [5, 5.41) is 29.2. The van der Waals surface area contributed by atoms with Crippen molar-refractivity contribution in [1.29, 1.82) is 0 Å².